The number of hydrogen-bond acceptors (Lipinski definition) is 3. The van der Waals surface area contributed by atoms with Gasteiger partial charge in [-0.3, -0.25) is 0 Å². The highest BCUT2D eigenvalue weighted by Gasteiger charge is 2.31. The quantitative estimate of drug-likeness (QED) is 0.636. The first-order valence-electron chi connectivity index (χ1n) is 7.83. The third-order valence-corrected chi connectivity index (χ3v) is 3.82. The van der Waals surface area contributed by atoms with Crippen LogP contribution < -0.4 is 9.47 Å². The molecule has 0 saturated heterocycles. The van der Waals surface area contributed by atoms with Gasteiger partial charge in [0, 0.05) is 18.8 Å². The molecular formula is C19H15F4NO3. The van der Waals surface area contributed by atoms with E-state index in [9.17, 15) is 22.7 Å². The summed E-state index contributed by atoms with van der Waals surface area (Å²) in [7, 11) is 1.39. The molecule has 1 heterocycles. The van der Waals surface area contributed by atoms with Crippen molar-refractivity contribution < 1.29 is 32.1 Å². The van der Waals surface area contributed by atoms with Gasteiger partial charge in [0.2, 0.25) is 0 Å². The van der Waals surface area contributed by atoms with Crippen LogP contribution in [0, 0.1) is 5.82 Å². The third-order valence-electron chi connectivity index (χ3n) is 3.82. The van der Waals surface area contributed by atoms with Gasteiger partial charge in [0.1, 0.15) is 23.1 Å². The Labute approximate surface area is 152 Å². The normalized spacial score (nSPS) is 11.4. The van der Waals surface area contributed by atoms with Crippen molar-refractivity contribution in [3.8, 4) is 28.5 Å². The summed E-state index contributed by atoms with van der Waals surface area (Å²) in [4.78, 5) is 0. The van der Waals surface area contributed by atoms with Crippen LogP contribution in [-0.2, 0) is 6.54 Å². The van der Waals surface area contributed by atoms with Crippen LogP contribution in [0.2, 0.25) is 0 Å². The summed E-state index contributed by atoms with van der Waals surface area (Å²) < 4.78 is 62.2. The van der Waals surface area contributed by atoms with E-state index in [2.05, 4.69) is 4.74 Å². The first-order valence-corrected chi connectivity index (χ1v) is 7.83. The predicted molar refractivity (Wildman–Crippen MR) is 90.3 cm³/mol. The standard InChI is InChI=1S/C19H15F4NO3/c1-26-17-7-3-6-15(20)18(17)16-9-13(25)11-24(16)10-12-4-2-5-14(8-12)27-19(21,22)23/h2-9,11,25H,10H2,1H3. The Bertz CT molecular complexity index is 950. The lowest BCUT2D eigenvalue weighted by Gasteiger charge is -2.14. The van der Waals surface area contributed by atoms with E-state index in [1.165, 1.54) is 54.3 Å². The highest BCUT2D eigenvalue weighted by molar-refractivity contribution is 5.70. The van der Waals surface area contributed by atoms with E-state index in [1.54, 1.807) is 12.1 Å². The maximum atomic E-state index is 14.4. The van der Waals surface area contributed by atoms with E-state index in [0.29, 0.717) is 11.3 Å². The van der Waals surface area contributed by atoms with Crippen LogP contribution in [0.15, 0.2) is 54.7 Å². The van der Waals surface area contributed by atoms with Gasteiger partial charge < -0.3 is 19.1 Å². The number of ether oxygens (including phenoxy) is 2. The zero-order valence-electron chi connectivity index (χ0n) is 14.1. The zero-order valence-corrected chi connectivity index (χ0v) is 14.1. The van der Waals surface area contributed by atoms with Crippen molar-refractivity contribution in [3.63, 3.8) is 0 Å². The van der Waals surface area contributed by atoms with Crippen LogP contribution >= 0.6 is 0 Å². The van der Waals surface area contributed by atoms with E-state index in [1.807, 2.05) is 0 Å². The number of aromatic hydroxyl groups is 1. The van der Waals surface area contributed by atoms with Crippen molar-refractivity contribution in [2.75, 3.05) is 7.11 Å². The molecule has 0 radical (unpaired) electrons. The summed E-state index contributed by atoms with van der Waals surface area (Å²) in [5.74, 6) is -0.759. The molecule has 27 heavy (non-hydrogen) atoms. The van der Waals surface area contributed by atoms with Crippen LogP contribution in [0.5, 0.6) is 17.2 Å². The predicted octanol–water partition coefficient (Wildman–Crippen LogP) is 4.96. The molecule has 2 aromatic carbocycles. The number of methoxy groups -OCH3 is 1. The van der Waals surface area contributed by atoms with Crippen molar-refractivity contribution >= 4 is 0 Å². The van der Waals surface area contributed by atoms with Gasteiger partial charge in [-0.25, -0.2) is 4.39 Å². The monoisotopic (exact) mass is 381 g/mol. The SMILES string of the molecule is COc1cccc(F)c1-c1cc(O)cn1Cc1cccc(OC(F)(F)F)c1. The lowest BCUT2D eigenvalue weighted by atomic mass is 10.1. The first kappa shape index (κ1) is 18.6. The minimum atomic E-state index is -4.80. The minimum Gasteiger partial charge on any atom is -0.506 e. The molecule has 0 aliphatic heterocycles. The summed E-state index contributed by atoms with van der Waals surface area (Å²) in [5, 5.41) is 9.88. The largest absolute Gasteiger partial charge is 0.573 e. The van der Waals surface area contributed by atoms with Crippen LogP contribution in [0.1, 0.15) is 5.56 Å². The highest BCUT2D eigenvalue weighted by atomic mass is 19.4. The van der Waals surface area contributed by atoms with Crippen molar-refractivity contribution in [1.82, 2.24) is 4.57 Å². The van der Waals surface area contributed by atoms with E-state index in [-0.39, 0.29) is 29.4 Å². The highest BCUT2D eigenvalue weighted by Crippen LogP contribution is 2.36. The van der Waals surface area contributed by atoms with Crippen LogP contribution in [-0.4, -0.2) is 23.1 Å². The Balaban J connectivity index is 1.98. The Kier molecular flexibility index (Phi) is 4.98. The van der Waals surface area contributed by atoms with Gasteiger partial charge in [-0.05, 0) is 29.8 Å². The van der Waals surface area contributed by atoms with Crippen molar-refractivity contribution in [2.45, 2.75) is 12.9 Å². The fraction of sp³-hybridized carbons (Fsp3) is 0.158. The molecule has 0 bridgehead atoms. The van der Waals surface area contributed by atoms with Gasteiger partial charge >= 0.3 is 6.36 Å². The molecule has 0 unspecified atom stereocenters. The summed E-state index contributed by atoms with van der Waals surface area (Å²) in [5.41, 5.74) is 0.941. The second kappa shape index (κ2) is 7.22. The molecule has 4 nitrogen and oxygen atoms in total. The van der Waals surface area contributed by atoms with E-state index < -0.39 is 12.2 Å². The van der Waals surface area contributed by atoms with E-state index >= 15 is 0 Å². The molecule has 142 valence electrons. The van der Waals surface area contributed by atoms with Crippen molar-refractivity contribution in [2.24, 2.45) is 0 Å². The number of nitrogens with zero attached hydrogens (tertiary/aromatic N) is 1. The number of rotatable bonds is 5. The molecule has 0 spiro atoms. The molecule has 0 saturated carbocycles. The van der Waals surface area contributed by atoms with Crippen LogP contribution in [0.3, 0.4) is 0 Å². The number of aromatic nitrogens is 1. The van der Waals surface area contributed by atoms with Gasteiger partial charge in [0.25, 0.3) is 0 Å². The molecule has 0 aliphatic rings. The maximum absolute atomic E-state index is 14.4. The number of hydrogen-bond donors (Lipinski definition) is 1. The maximum Gasteiger partial charge on any atom is 0.573 e. The Morgan fingerprint density at radius 3 is 2.52 bits per heavy atom. The Morgan fingerprint density at radius 1 is 1.07 bits per heavy atom. The smallest absolute Gasteiger partial charge is 0.506 e. The average Bonchev–Trinajstić information content (AvgIpc) is 2.93. The van der Waals surface area contributed by atoms with Gasteiger partial charge in [-0.2, -0.15) is 0 Å². The number of halogens is 4. The van der Waals surface area contributed by atoms with Gasteiger partial charge in [-0.1, -0.05) is 18.2 Å². The zero-order chi connectivity index (χ0) is 19.6. The second-order valence-corrected chi connectivity index (χ2v) is 5.72. The van der Waals surface area contributed by atoms with Gasteiger partial charge in [0.05, 0.1) is 18.4 Å². The van der Waals surface area contributed by atoms with E-state index in [0.717, 1.165) is 0 Å². The molecule has 3 aromatic rings. The lowest BCUT2D eigenvalue weighted by Crippen LogP contribution is -2.17. The molecular weight excluding hydrogens is 366 g/mol. The summed E-state index contributed by atoms with van der Waals surface area (Å²) in [6.07, 6.45) is -3.44. The Hall–Kier alpha value is -3.16. The molecule has 1 aromatic heterocycles. The fourth-order valence-electron chi connectivity index (χ4n) is 2.80. The second-order valence-electron chi connectivity index (χ2n) is 5.72. The molecule has 0 fully saturated rings. The summed E-state index contributed by atoms with van der Waals surface area (Å²) >= 11 is 0. The number of benzene rings is 2. The minimum absolute atomic E-state index is 0.0858. The van der Waals surface area contributed by atoms with Crippen LogP contribution in [0.4, 0.5) is 17.6 Å². The topological polar surface area (TPSA) is 43.6 Å². The van der Waals surface area contributed by atoms with Crippen LogP contribution in [0.25, 0.3) is 11.3 Å². The molecule has 1 N–H and O–H groups in total. The third kappa shape index (κ3) is 4.33. The molecule has 0 amide bonds. The molecule has 8 heteroatoms. The molecule has 0 atom stereocenters. The fourth-order valence-corrected chi connectivity index (χ4v) is 2.80. The lowest BCUT2D eigenvalue weighted by molar-refractivity contribution is -0.274. The van der Waals surface area contributed by atoms with E-state index in [4.69, 9.17) is 4.74 Å². The van der Waals surface area contributed by atoms with Gasteiger partial charge in [-0.15, -0.1) is 13.2 Å². The molecule has 3 rings (SSSR count). The van der Waals surface area contributed by atoms with Gasteiger partial charge in [0.15, 0.2) is 0 Å². The summed E-state index contributed by atoms with van der Waals surface area (Å²) in [6, 6.07) is 11.1. The first-order chi connectivity index (χ1) is 12.8. The van der Waals surface area contributed by atoms with Crippen molar-refractivity contribution in [1.29, 1.82) is 0 Å². The molecule has 0 aliphatic carbocycles. The summed E-state index contributed by atoms with van der Waals surface area (Å²) in [6.45, 7) is 0.0858. The van der Waals surface area contributed by atoms with Crippen molar-refractivity contribution in [3.05, 3.63) is 66.1 Å². The Morgan fingerprint density at radius 2 is 1.81 bits per heavy atom. The average molecular weight is 381 g/mol. The number of alkyl halides is 3.